The molecule has 2 aliphatic heterocycles. The van der Waals surface area contributed by atoms with Crippen LogP contribution in [-0.4, -0.2) is 57.7 Å². The number of benzene rings is 1. The molecule has 0 radical (unpaired) electrons. The molecule has 0 aliphatic carbocycles. The second-order valence-electron chi connectivity index (χ2n) is 10.4. The Morgan fingerprint density at radius 2 is 1.95 bits per heavy atom. The van der Waals surface area contributed by atoms with Crippen LogP contribution in [0, 0.1) is 11.3 Å². The third kappa shape index (κ3) is 5.45. The van der Waals surface area contributed by atoms with Crippen LogP contribution in [0.5, 0.6) is 0 Å². The number of pyridine rings is 1. The van der Waals surface area contributed by atoms with Gasteiger partial charge in [0.05, 0.1) is 29.0 Å². The van der Waals surface area contributed by atoms with Gasteiger partial charge in [0.1, 0.15) is 5.70 Å². The third-order valence-electron chi connectivity index (χ3n) is 6.57. The van der Waals surface area contributed by atoms with E-state index in [1.807, 2.05) is 18.2 Å². The number of esters is 2. The van der Waals surface area contributed by atoms with Gasteiger partial charge >= 0.3 is 11.9 Å². The summed E-state index contributed by atoms with van der Waals surface area (Å²) in [5.41, 5.74) is 1.79. The minimum atomic E-state index is -0.873. The van der Waals surface area contributed by atoms with E-state index >= 15 is 0 Å². The van der Waals surface area contributed by atoms with Gasteiger partial charge in [-0.1, -0.05) is 18.2 Å². The Bertz CT molecular complexity index is 1280. The minimum absolute atomic E-state index is 0.0697. The molecule has 3 atom stereocenters. The number of β-lactam (4-membered cyclic amide) rings is 1. The molecule has 38 heavy (non-hydrogen) atoms. The molecule has 10 nitrogen and oxygen atoms in total. The molecule has 2 N–H and O–H groups in total. The van der Waals surface area contributed by atoms with Crippen LogP contribution in [0.15, 0.2) is 54.5 Å². The lowest BCUT2D eigenvalue weighted by molar-refractivity contribution is -0.175. The van der Waals surface area contributed by atoms with Gasteiger partial charge in [-0.2, -0.15) is 0 Å². The number of rotatable bonds is 8. The quantitative estimate of drug-likeness (QED) is 0.307. The molecule has 0 saturated carbocycles. The second-order valence-corrected chi connectivity index (χ2v) is 10.4. The van der Waals surface area contributed by atoms with Gasteiger partial charge in [-0.3, -0.25) is 19.4 Å². The molecular formula is C28H31N3O7. The summed E-state index contributed by atoms with van der Waals surface area (Å²) in [6.45, 7) is 6.24. The average molecular weight is 522 g/mol. The highest BCUT2D eigenvalue weighted by molar-refractivity contribution is 6.06. The summed E-state index contributed by atoms with van der Waals surface area (Å²) < 4.78 is 10.3. The Morgan fingerprint density at radius 3 is 2.61 bits per heavy atom. The molecule has 2 aliphatic rings. The maximum Gasteiger partial charge on any atom is 0.358 e. The lowest BCUT2D eigenvalue weighted by atomic mass is 9.82. The van der Waals surface area contributed by atoms with E-state index in [1.54, 1.807) is 52.1 Å². The molecule has 1 aromatic heterocycles. The molecule has 0 spiro atoms. The van der Waals surface area contributed by atoms with E-state index in [4.69, 9.17) is 9.47 Å². The molecule has 0 unspecified atom stereocenters. The molecule has 10 heteroatoms. The predicted octanol–water partition coefficient (Wildman–Crippen LogP) is 2.42. The van der Waals surface area contributed by atoms with Crippen LogP contribution >= 0.6 is 0 Å². The maximum atomic E-state index is 13.1. The zero-order valence-electron chi connectivity index (χ0n) is 21.8. The Balaban J connectivity index is 1.55. The Kier molecular flexibility index (Phi) is 7.63. The van der Waals surface area contributed by atoms with Crippen LogP contribution in [0.1, 0.15) is 55.6 Å². The van der Waals surface area contributed by atoms with Gasteiger partial charge in [0.2, 0.25) is 12.7 Å². The molecule has 1 saturated heterocycles. The first-order chi connectivity index (χ1) is 18.0. The van der Waals surface area contributed by atoms with E-state index in [1.165, 1.54) is 11.1 Å². The van der Waals surface area contributed by atoms with E-state index in [0.717, 1.165) is 5.56 Å². The van der Waals surface area contributed by atoms with Crippen LogP contribution in [0.4, 0.5) is 0 Å². The summed E-state index contributed by atoms with van der Waals surface area (Å²) in [6, 6.07) is 10.2. The van der Waals surface area contributed by atoms with E-state index < -0.39 is 36.2 Å². The Morgan fingerprint density at radius 1 is 1.18 bits per heavy atom. The van der Waals surface area contributed by atoms with Gasteiger partial charge in [-0.05, 0) is 69.0 Å². The van der Waals surface area contributed by atoms with Crippen molar-refractivity contribution in [3.63, 3.8) is 0 Å². The average Bonchev–Trinajstić information content (AvgIpc) is 3.22. The van der Waals surface area contributed by atoms with Crippen LogP contribution in [0.2, 0.25) is 0 Å². The maximum absolute atomic E-state index is 13.1. The van der Waals surface area contributed by atoms with Crippen molar-refractivity contribution >= 4 is 29.3 Å². The SMILES string of the molecule is C[C@@H](O)[C@H]1C(=O)N2C(C(=O)OCOC(=O)C(C)(C)C)=C(c3cccc(CNC(=O)c4cccnc4)c3)C[C@H]12. The van der Waals surface area contributed by atoms with E-state index in [9.17, 15) is 24.3 Å². The van der Waals surface area contributed by atoms with Gasteiger partial charge < -0.3 is 24.8 Å². The fourth-order valence-corrected chi connectivity index (χ4v) is 4.59. The molecule has 2 amide bonds. The largest absolute Gasteiger partial charge is 0.427 e. The summed E-state index contributed by atoms with van der Waals surface area (Å²) in [6.07, 6.45) is 2.54. The zero-order chi connectivity index (χ0) is 27.6. The number of aliphatic hydroxyl groups is 1. The molecule has 2 aromatic rings. The number of ether oxygens (including phenoxy) is 2. The lowest BCUT2D eigenvalue weighted by Crippen LogP contribution is -2.61. The molecule has 4 rings (SSSR count). The number of hydrogen-bond acceptors (Lipinski definition) is 8. The van der Waals surface area contributed by atoms with Crippen molar-refractivity contribution < 1.29 is 33.8 Å². The summed E-state index contributed by atoms with van der Waals surface area (Å²) in [4.78, 5) is 55.8. The fraction of sp³-hybridized carbons (Fsp3) is 0.393. The number of carbonyl (C=O) groups excluding carboxylic acids is 4. The van der Waals surface area contributed by atoms with Crippen molar-refractivity contribution in [2.24, 2.45) is 11.3 Å². The third-order valence-corrected chi connectivity index (χ3v) is 6.57. The highest BCUT2D eigenvalue weighted by Gasteiger charge is 2.57. The first-order valence-corrected chi connectivity index (χ1v) is 12.3. The van der Waals surface area contributed by atoms with Crippen molar-refractivity contribution in [1.29, 1.82) is 0 Å². The number of fused-ring (bicyclic) bond motifs is 1. The van der Waals surface area contributed by atoms with Crippen molar-refractivity contribution in [2.45, 2.75) is 52.8 Å². The van der Waals surface area contributed by atoms with Crippen molar-refractivity contribution in [3.05, 3.63) is 71.2 Å². The number of nitrogens with one attached hydrogen (secondary N) is 1. The topological polar surface area (TPSA) is 135 Å². The first kappa shape index (κ1) is 27.0. The Labute approximate surface area is 220 Å². The summed E-state index contributed by atoms with van der Waals surface area (Å²) in [5, 5.41) is 13.0. The summed E-state index contributed by atoms with van der Waals surface area (Å²) >= 11 is 0. The summed E-state index contributed by atoms with van der Waals surface area (Å²) in [7, 11) is 0. The molecule has 3 heterocycles. The van der Waals surface area contributed by atoms with Gasteiger partial charge in [0, 0.05) is 18.9 Å². The number of hydrogen-bond donors (Lipinski definition) is 2. The van der Waals surface area contributed by atoms with Gasteiger partial charge in [-0.25, -0.2) is 4.79 Å². The number of carbonyl (C=O) groups is 4. The monoisotopic (exact) mass is 521 g/mol. The van der Waals surface area contributed by atoms with Gasteiger partial charge in [-0.15, -0.1) is 0 Å². The van der Waals surface area contributed by atoms with Crippen LogP contribution < -0.4 is 5.32 Å². The van der Waals surface area contributed by atoms with E-state index in [0.29, 0.717) is 23.1 Å². The Hall–Kier alpha value is -4.05. The smallest absolute Gasteiger partial charge is 0.358 e. The van der Waals surface area contributed by atoms with Crippen molar-refractivity contribution in [2.75, 3.05) is 6.79 Å². The lowest BCUT2D eigenvalue weighted by Gasteiger charge is -2.44. The number of amides is 2. The summed E-state index contributed by atoms with van der Waals surface area (Å²) in [5.74, 6) is -2.59. The highest BCUT2D eigenvalue weighted by atomic mass is 16.7. The molecule has 1 aromatic carbocycles. The normalized spacial score (nSPS) is 19.4. The van der Waals surface area contributed by atoms with Crippen molar-refractivity contribution in [1.82, 2.24) is 15.2 Å². The van der Waals surface area contributed by atoms with Gasteiger partial charge in [0.25, 0.3) is 5.91 Å². The molecule has 1 fully saturated rings. The molecule has 0 bridgehead atoms. The molecule has 200 valence electrons. The van der Waals surface area contributed by atoms with E-state index in [-0.39, 0.29) is 30.1 Å². The number of nitrogens with zero attached hydrogens (tertiary/aromatic N) is 2. The first-order valence-electron chi connectivity index (χ1n) is 12.3. The van der Waals surface area contributed by atoms with Crippen LogP contribution in [0.3, 0.4) is 0 Å². The number of aliphatic hydroxyl groups excluding tert-OH is 1. The van der Waals surface area contributed by atoms with Crippen LogP contribution in [-0.2, 0) is 30.4 Å². The van der Waals surface area contributed by atoms with Gasteiger partial charge in [0.15, 0.2) is 0 Å². The van der Waals surface area contributed by atoms with E-state index in [2.05, 4.69) is 10.3 Å². The van der Waals surface area contributed by atoms with Crippen LogP contribution in [0.25, 0.3) is 5.57 Å². The highest BCUT2D eigenvalue weighted by Crippen LogP contribution is 2.47. The van der Waals surface area contributed by atoms with Crippen molar-refractivity contribution in [3.8, 4) is 0 Å². The predicted molar refractivity (Wildman–Crippen MR) is 136 cm³/mol. The molecular weight excluding hydrogens is 490 g/mol. The standard InChI is InChI=1S/C28H31N3O7/c1-16(32)22-21-12-20(23(31(21)25(22)34)26(35)37-15-38-27(36)28(2,3)4)18-8-5-7-17(11-18)13-30-24(33)19-9-6-10-29-14-19/h5-11,14,16,21-22,32H,12-13,15H2,1-4H3,(H,30,33)/t16-,21-,22-/m1/s1. The fourth-order valence-electron chi connectivity index (χ4n) is 4.59. The second kappa shape index (κ2) is 10.7. The number of aromatic nitrogens is 1. The zero-order valence-corrected chi connectivity index (χ0v) is 21.8. The minimum Gasteiger partial charge on any atom is -0.427 e.